The fourth-order valence-corrected chi connectivity index (χ4v) is 2.96. The maximum absolute atomic E-state index is 12.3. The van der Waals surface area contributed by atoms with Crippen molar-refractivity contribution in [2.45, 2.75) is 38.8 Å². The maximum atomic E-state index is 12.3. The molecule has 0 spiro atoms. The number of benzene rings is 2. The van der Waals surface area contributed by atoms with Crippen LogP contribution in [-0.2, 0) is 0 Å². The molecule has 3 N–H and O–H groups in total. The first kappa shape index (κ1) is 17.5. The number of aliphatic hydroxyl groups excluding tert-OH is 1. The normalized spacial score (nSPS) is 16.1. The van der Waals surface area contributed by atoms with Crippen molar-refractivity contribution in [1.29, 1.82) is 0 Å². The number of aliphatic hydroxyl groups is 1. The van der Waals surface area contributed by atoms with Gasteiger partial charge in [-0.1, -0.05) is 59.7 Å². The van der Waals surface area contributed by atoms with Gasteiger partial charge in [0, 0.05) is 6.54 Å². The summed E-state index contributed by atoms with van der Waals surface area (Å²) in [6, 6.07) is 15.8. The van der Waals surface area contributed by atoms with Gasteiger partial charge in [-0.15, -0.1) is 0 Å². The van der Waals surface area contributed by atoms with E-state index in [0.29, 0.717) is 5.92 Å². The molecule has 1 aliphatic rings. The van der Waals surface area contributed by atoms with Crippen molar-refractivity contribution in [3.05, 3.63) is 70.8 Å². The zero-order valence-corrected chi connectivity index (χ0v) is 14.8. The molecule has 2 unspecified atom stereocenters. The molecule has 1 saturated carbocycles. The summed E-state index contributed by atoms with van der Waals surface area (Å²) in [6.07, 6.45) is 1.58. The second kappa shape index (κ2) is 7.70. The van der Waals surface area contributed by atoms with E-state index in [0.717, 1.165) is 29.5 Å². The van der Waals surface area contributed by atoms with E-state index in [4.69, 9.17) is 0 Å². The fraction of sp³-hybridized carbons (Fsp3) is 0.381. The highest BCUT2D eigenvalue weighted by Gasteiger charge is 2.33. The van der Waals surface area contributed by atoms with Crippen LogP contribution in [0.4, 0.5) is 4.79 Å². The molecule has 2 aromatic rings. The molecule has 0 radical (unpaired) electrons. The van der Waals surface area contributed by atoms with Crippen LogP contribution in [0.2, 0.25) is 0 Å². The van der Waals surface area contributed by atoms with E-state index >= 15 is 0 Å². The zero-order chi connectivity index (χ0) is 17.8. The summed E-state index contributed by atoms with van der Waals surface area (Å²) >= 11 is 0. The van der Waals surface area contributed by atoms with E-state index in [1.54, 1.807) is 0 Å². The van der Waals surface area contributed by atoms with Crippen LogP contribution in [0, 0.1) is 19.8 Å². The molecule has 0 aliphatic heterocycles. The standard InChI is InChI=1S/C21H26N2O2/c1-14-3-7-16(8-4-14)19(24)13-22-21(25)23-20(18-11-12-18)17-9-5-15(2)6-10-17/h3-10,18-20,24H,11-13H2,1-2H3,(H2,22,23,25). The Morgan fingerprint density at radius 2 is 1.52 bits per heavy atom. The molecule has 2 aromatic carbocycles. The summed E-state index contributed by atoms with van der Waals surface area (Å²) in [4.78, 5) is 12.3. The number of hydrogen-bond acceptors (Lipinski definition) is 2. The monoisotopic (exact) mass is 338 g/mol. The van der Waals surface area contributed by atoms with E-state index in [-0.39, 0.29) is 18.6 Å². The van der Waals surface area contributed by atoms with Crippen molar-refractivity contribution >= 4 is 6.03 Å². The molecular weight excluding hydrogens is 312 g/mol. The minimum absolute atomic E-state index is 0.0390. The van der Waals surface area contributed by atoms with Gasteiger partial charge in [0.1, 0.15) is 0 Å². The average Bonchev–Trinajstić information content (AvgIpc) is 3.44. The molecule has 2 atom stereocenters. The van der Waals surface area contributed by atoms with Gasteiger partial charge in [0.2, 0.25) is 0 Å². The number of nitrogens with one attached hydrogen (secondary N) is 2. The molecule has 1 aliphatic carbocycles. The third-order valence-electron chi connectivity index (χ3n) is 4.73. The van der Waals surface area contributed by atoms with Crippen LogP contribution in [-0.4, -0.2) is 17.7 Å². The number of carbonyl (C=O) groups is 1. The van der Waals surface area contributed by atoms with Gasteiger partial charge in [-0.05, 0) is 43.7 Å². The lowest BCUT2D eigenvalue weighted by Gasteiger charge is -2.20. The van der Waals surface area contributed by atoms with Gasteiger partial charge >= 0.3 is 6.03 Å². The van der Waals surface area contributed by atoms with Crippen molar-refractivity contribution in [1.82, 2.24) is 10.6 Å². The molecule has 2 amide bonds. The Labute approximate surface area is 149 Å². The molecule has 0 aromatic heterocycles. The van der Waals surface area contributed by atoms with Gasteiger partial charge in [-0.3, -0.25) is 0 Å². The summed E-state index contributed by atoms with van der Waals surface area (Å²) in [6.45, 7) is 4.26. The van der Waals surface area contributed by atoms with Gasteiger partial charge in [0.25, 0.3) is 0 Å². The van der Waals surface area contributed by atoms with Gasteiger partial charge in [-0.25, -0.2) is 4.79 Å². The van der Waals surface area contributed by atoms with Gasteiger partial charge < -0.3 is 15.7 Å². The van der Waals surface area contributed by atoms with Gasteiger partial charge in [0.15, 0.2) is 0 Å². The number of aryl methyl sites for hydroxylation is 2. The van der Waals surface area contributed by atoms with E-state index in [2.05, 4.69) is 41.8 Å². The third kappa shape index (κ3) is 4.83. The molecule has 25 heavy (non-hydrogen) atoms. The molecule has 3 rings (SSSR count). The molecule has 4 nitrogen and oxygen atoms in total. The molecule has 0 bridgehead atoms. The van der Waals surface area contributed by atoms with Crippen LogP contribution in [0.25, 0.3) is 0 Å². The lowest BCUT2D eigenvalue weighted by Crippen LogP contribution is -2.40. The Hall–Kier alpha value is -2.33. The Morgan fingerprint density at radius 3 is 2.04 bits per heavy atom. The second-order valence-corrected chi connectivity index (χ2v) is 7.01. The minimum Gasteiger partial charge on any atom is -0.387 e. The van der Waals surface area contributed by atoms with Crippen LogP contribution in [0.1, 0.15) is 47.2 Å². The summed E-state index contributed by atoms with van der Waals surface area (Å²) < 4.78 is 0. The predicted molar refractivity (Wildman–Crippen MR) is 99.3 cm³/mol. The van der Waals surface area contributed by atoms with Crippen LogP contribution in [0.3, 0.4) is 0 Å². The van der Waals surface area contributed by atoms with E-state index in [1.807, 2.05) is 31.2 Å². The molecule has 0 heterocycles. The molecular formula is C21H26N2O2. The average molecular weight is 338 g/mol. The van der Waals surface area contributed by atoms with E-state index in [9.17, 15) is 9.90 Å². The fourth-order valence-electron chi connectivity index (χ4n) is 2.96. The highest BCUT2D eigenvalue weighted by molar-refractivity contribution is 5.74. The van der Waals surface area contributed by atoms with Crippen molar-refractivity contribution in [3.8, 4) is 0 Å². The zero-order valence-electron chi connectivity index (χ0n) is 14.8. The summed E-state index contributed by atoms with van der Waals surface area (Å²) in [5.41, 5.74) is 4.31. The SMILES string of the molecule is Cc1ccc(C(O)CNC(=O)NC(c2ccc(C)cc2)C2CC2)cc1. The van der Waals surface area contributed by atoms with E-state index < -0.39 is 6.10 Å². The van der Waals surface area contributed by atoms with Crippen LogP contribution in [0.5, 0.6) is 0 Å². The van der Waals surface area contributed by atoms with Crippen molar-refractivity contribution < 1.29 is 9.90 Å². The number of rotatable bonds is 6. The lowest BCUT2D eigenvalue weighted by molar-refractivity contribution is 0.172. The lowest BCUT2D eigenvalue weighted by atomic mass is 10.0. The maximum Gasteiger partial charge on any atom is 0.315 e. The molecule has 1 fully saturated rings. The Morgan fingerprint density at radius 1 is 1.00 bits per heavy atom. The van der Waals surface area contributed by atoms with Gasteiger partial charge in [-0.2, -0.15) is 0 Å². The predicted octanol–water partition coefficient (Wildman–Crippen LogP) is 3.79. The first-order chi connectivity index (χ1) is 12.0. The summed E-state index contributed by atoms with van der Waals surface area (Å²) in [5.74, 6) is 0.510. The Balaban J connectivity index is 1.55. The molecule has 0 saturated heterocycles. The third-order valence-corrected chi connectivity index (χ3v) is 4.73. The first-order valence-electron chi connectivity index (χ1n) is 8.88. The van der Waals surface area contributed by atoms with E-state index in [1.165, 1.54) is 5.56 Å². The minimum atomic E-state index is -0.704. The Bertz CT molecular complexity index is 706. The van der Waals surface area contributed by atoms with Crippen molar-refractivity contribution in [2.75, 3.05) is 6.54 Å². The highest BCUT2D eigenvalue weighted by atomic mass is 16.3. The highest BCUT2D eigenvalue weighted by Crippen LogP contribution is 2.41. The van der Waals surface area contributed by atoms with Gasteiger partial charge in [0.05, 0.1) is 12.1 Å². The summed E-state index contributed by atoms with van der Waals surface area (Å²) in [5, 5.41) is 16.1. The van der Waals surface area contributed by atoms with Crippen LogP contribution >= 0.6 is 0 Å². The summed E-state index contributed by atoms with van der Waals surface area (Å²) in [7, 11) is 0. The quantitative estimate of drug-likeness (QED) is 0.750. The number of amides is 2. The Kier molecular flexibility index (Phi) is 5.39. The smallest absolute Gasteiger partial charge is 0.315 e. The number of hydrogen-bond donors (Lipinski definition) is 3. The first-order valence-corrected chi connectivity index (χ1v) is 8.88. The topological polar surface area (TPSA) is 61.4 Å². The second-order valence-electron chi connectivity index (χ2n) is 7.01. The molecule has 132 valence electrons. The van der Waals surface area contributed by atoms with Crippen molar-refractivity contribution in [2.24, 2.45) is 5.92 Å². The largest absolute Gasteiger partial charge is 0.387 e. The molecule has 4 heteroatoms. The number of urea groups is 1. The van der Waals surface area contributed by atoms with Crippen LogP contribution < -0.4 is 10.6 Å². The van der Waals surface area contributed by atoms with Crippen molar-refractivity contribution in [3.63, 3.8) is 0 Å². The number of carbonyl (C=O) groups excluding carboxylic acids is 1. The van der Waals surface area contributed by atoms with Crippen LogP contribution in [0.15, 0.2) is 48.5 Å².